The van der Waals surface area contributed by atoms with E-state index < -0.39 is 13.7 Å². The van der Waals surface area contributed by atoms with Crippen molar-refractivity contribution in [3.63, 3.8) is 0 Å². The Bertz CT molecular complexity index is 1890. The highest BCUT2D eigenvalue weighted by molar-refractivity contribution is 6.76. The van der Waals surface area contributed by atoms with Crippen molar-refractivity contribution in [3.8, 4) is 22.8 Å². The number of rotatable bonds is 10. The van der Waals surface area contributed by atoms with E-state index in [-0.39, 0.29) is 6.09 Å². The second-order valence-electron chi connectivity index (χ2n) is 14.1. The van der Waals surface area contributed by atoms with Crippen LogP contribution in [0.15, 0.2) is 67.1 Å². The summed E-state index contributed by atoms with van der Waals surface area (Å²) in [7, 11) is 0.526. The molecule has 0 aliphatic carbocycles. The van der Waals surface area contributed by atoms with Gasteiger partial charge in [-0.1, -0.05) is 31.8 Å². The van der Waals surface area contributed by atoms with Crippen molar-refractivity contribution < 1.29 is 19.0 Å². The summed E-state index contributed by atoms with van der Waals surface area (Å²) in [6, 6.07) is 17.2. The Morgan fingerprint density at radius 2 is 1.79 bits per heavy atom. The van der Waals surface area contributed by atoms with Crippen molar-refractivity contribution in [1.82, 2.24) is 29.2 Å². The Morgan fingerprint density at radius 1 is 1.00 bits per heavy atom. The molecule has 0 saturated carbocycles. The van der Waals surface area contributed by atoms with Gasteiger partial charge in [0.05, 0.1) is 37.6 Å². The minimum atomic E-state index is -1.13. The first-order chi connectivity index (χ1) is 22.3. The summed E-state index contributed by atoms with van der Waals surface area (Å²) in [5.74, 6) is 1.93. The van der Waals surface area contributed by atoms with Gasteiger partial charge in [0, 0.05) is 49.3 Å². The topological polar surface area (TPSA) is 109 Å². The first-order valence-electron chi connectivity index (χ1n) is 15.9. The number of hydrogen-bond acceptors (Lipinski definition) is 8. The molecule has 0 unspecified atom stereocenters. The maximum atomic E-state index is 13.0. The van der Waals surface area contributed by atoms with E-state index in [1.165, 1.54) is 0 Å². The normalized spacial score (nSPS) is 13.2. The number of methoxy groups -OCH3 is 1. The van der Waals surface area contributed by atoms with Crippen LogP contribution >= 0.6 is 0 Å². The second-order valence-corrected chi connectivity index (χ2v) is 19.7. The van der Waals surface area contributed by atoms with Crippen molar-refractivity contribution in [3.05, 3.63) is 78.4 Å². The van der Waals surface area contributed by atoms with Crippen molar-refractivity contribution in [2.75, 3.05) is 19.0 Å². The molecule has 6 rings (SSSR count). The second kappa shape index (κ2) is 12.8. The maximum Gasteiger partial charge on any atom is 0.410 e. The van der Waals surface area contributed by atoms with E-state index >= 15 is 0 Å². The van der Waals surface area contributed by atoms with Crippen LogP contribution in [-0.2, 0) is 29.3 Å². The average molecular weight is 654 g/mol. The summed E-state index contributed by atoms with van der Waals surface area (Å²) in [6.07, 6.45) is 5.43. The highest BCUT2D eigenvalue weighted by Gasteiger charge is 2.32. The van der Waals surface area contributed by atoms with Crippen LogP contribution in [0.5, 0.6) is 5.75 Å². The number of hydrogen-bond donors (Lipinski definition) is 1. The van der Waals surface area contributed by atoms with Gasteiger partial charge in [0.1, 0.15) is 23.9 Å². The Labute approximate surface area is 276 Å². The van der Waals surface area contributed by atoms with E-state index in [1.54, 1.807) is 12.0 Å². The molecular formula is C35H43N7O4Si. The zero-order valence-corrected chi connectivity index (χ0v) is 29.2. The number of carbonyl (C=O) groups excluding carboxylic acids is 1. The van der Waals surface area contributed by atoms with E-state index in [0.29, 0.717) is 31.6 Å². The fourth-order valence-electron chi connectivity index (χ4n) is 5.33. The van der Waals surface area contributed by atoms with Crippen LogP contribution in [0.3, 0.4) is 0 Å². The summed E-state index contributed by atoms with van der Waals surface area (Å²) in [6.45, 7) is 14.5. The predicted octanol–water partition coefficient (Wildman–Crippen LogP) is 7.60. The number of nitrogens with one attached hydrogen (secondary N) is 1. The number of aromatic nitrogens is 5. The molecule has 12 heteroatoms. The van der Waals surface area contributed by atoms with Gasteiger partial charge in [0.2, 0.25) is 5.95 Å². The lowest BCUT2D eigenvalue weighted by molar-refractivity contribution is 0.0241. The predicted molar refractivity (Wildman–Crippen MR) is 186 cm³/mol. The quantitative estimate of drug-likeness (QED) is 0.121. The molecule has 5 aromatic rings. The molecule has 2 aromatic carbocycles. The molecule has 0 spiro atoms. The van der Waals surface area contributed by atoms with E-state index in [4.69, 9.17) is 24.2 Å². The van der Waals surface area contributed by atoms with E-state index in [9.17, 15) is 4.79 Å². The van der Waals surface area contributed by atoms with Gasteiger partial charge in [-0.2, -0.15) is 10.1 Å². The third kappa shape index (κ3) is 7.66. The monoisotopic (exact) mass is 653 g/mol. The molecule has 1 aliphatic heterocycles. The van der Waals surface area contributed by atoms with Gasteiger partial charge >= 0.3 is 6.09 Å². The number of carbonyl (C=O) groups is 1. The van der Waals surface area contributed by atoms with Crippen LogP contribution in [0, 0.1) is 0 Å². The summed E-state index contributed by atoms with van der Waals surface area (Å²) >= 11 is 0. The highest BCUT2D eigenvalue weighted by Crippen LogP contribution is 2.33. The lowest BCUT2D eigenvalue weighted by Gasteiger charge is -2.24. The minimum Gasteiger partial charge on any atom is -0.497 e. The molecule has 246 valence electrons. The van der Waals surface area contributed by atoms with Crippen LogP contribution < -0.4 is 10.1 Å². The molecule has 0 saturated heterocycles. The van der Waals surface area contributed by atoms with Crippen LogP contribution in [0.2, 0.25) is 25.7 Å². The molecule has 1 amide bonds. The Hall–Kier alpha value is -4.68. The van der Waals surface area contributed by atoms with Crippen molar-refractivity contribution in [2.45, 2.75) is 71.9 Å². The van der Waals surface area contributed by atoms with Crippen molar-refractivity contribution in [1.29, 1.82) is 0 Å². The molecule has 0 radical (unpaired) electrons. The number of anilines is 2. The Balaban J connectivity index is 1.25. The number of fused-ring (bicyclic) bond motifs is 2. The van der Waals surface area contributed by atoms with Crippen molar-refractivity contribution in [2.24, 2.45) is 0 Å². The Morgan fingerprint density at radius 3 is 2.51 bits per heavy atom. The van der Waals surface area contributed by atoms with Gasteiger partial charge in [0.25, 0.3) is 0 Å². The van der Waals surface area contributed by atoms with Crippen LogP contribution in [0.1, 0.15) is 32.0 Å². The molecule has 0 bridgehead atoms. The van der Waals surface area contributed by atoms with Gasteiger partial charge in [-0.15, -0.1) is 0 Å². The van der Waals surface area contributed by atoms with Gasteiger partial charge in [-0.3, -0.25) is 9.47 Å². The SMILES string of the molecule is COc1ccc2c(ccn2-c2nc3c(c(Nc4ccc(-c5cnn(COCC[Si](C)(C)C)c5)cc4)n2)CN(C(=O)OC(C)(C)C)C3)c1. The molecule has 4 heterocycles. The molecule has 11 nitrogen and oxygen atoms in total. The smallest absolute Gasteiger partial charge is 0.410 e. The zero-order valence-electron chi connectivity index (χ0n) is 28.2. The van der Waals surface area contributed by atoms with Crippen LogP contribution in [0.4, 0.5) is 16.3 Å². The molecule has 0 atom stereocenters. The van der Waals surface area contributed by atoms with E-state index in [2.05, 4.69) is 42.2 Å². The van der Waals surface area contributed by atoms with Gasteiger partial charge < -0.3 is 19.5 Å². The minimum absolute atomic E-state index is 0.326. The first kappa shape index (κ1) is 32.3. The zero-order chi connectivity index (χ0) is 33.3. The molecule has 1 aliphatic rings. The maximum absolute atomic E-state index is 13.0. The summed E-state index contributed by atoms with van der Waals surface area (Å²) in [4.78, 5) is 24.6. The van der Waals surface area contributed by atoms with Crippen molar-refractivity contribution >= 4 is 36.6 Å². The molecule has 3 aromatic heterocycles. The van der Waals surface area contributed by atoms with Gasteiger partial charge in [-0.25, -0.2) is 14.5 Å². The summed E-state index contributed by atoms with van der Waals surface area (Å²) < 4.78 is 20.7. The molecule has 47 heavy (non-hydrogen) atoms. The standard InChI is InChI=1S/C35H43N7O4Si/c1-35(2,3)46-34(43)40-21-29-30(22-40)38-33(42-15-14-25-18-28(44-4)12-13-31(25)42)39-32(29)37-27-10-8-24(9-11-27)26-19-36-41(20-26)23-45-16-17-47(5,6)7/h8-15,18-20H,16-17,21-23H2,1-7H3,(H,37,38,39). The van der Waals surface area contributed by atoms with E-state index in [1.807, 2.05) is 85.0 Å². The first-order valence-corrected chi connectivity index (χ1v) is 19.6. The molecular weight excluding hydrogens is 611 g/mol. The highest BCUT2D eigenvalue weighted by atomic mass is 28.3. The Kier molecular flexibility index (Phi) is 8.82. The molecule has 1 N–H and O–H groups in total. The fourth-order valence-corrected chi connectivity index (χ4v) is 6.09. The fraction of sp³-hybridized carbons (Fsp3) is 0.371. The summed E-state index contributed by atoms with van der Waals surface area (Å²) in [5.41, 5.74) is 4.90. The average Bonchev–Trinajstić information content (AvgIpc) is 3.76. The number of benzene rings is 2. The van der Waals surface area contributed by atoms with Gasteiger partial charge in [-0.05, 0) is 68.8 Å². The van der Waals surface area contributed by atoms with E-state index in [0.717, 1.165) is 57.4 Å². The van der Waals surface area contributed by atoms with Crippen LogP contribution in [0.25, 0.3) is 28.0 Å². The lowest BCUT2D eigenvalue weighted by Crippen LogP contribution is -2.33. The molecule has 0 fully saturated rings. The lowest BCUT2D eigenvalue weighted by atomic mass is 10.1. The van der Waals surface area contributed by atoms with Crippen LogP contribution in [-0.4, -0.2) is 62.7 Å². The summed E-state index contributed by atoms with van der Waals surface area (Å²) in [5, 5.41) is 9.00. The third-order valence-electron chi connectivity index (χ3n) is 7.87. The number of nitrogens with zero attached hydrogens (tertiary/aromatic N) is 6. The number of ether oxygens (including phenoxy) is 3. The third-order valence-corrected chi connectivity index (χ3v) is 9.57. The largest absolute Gasteiger partial charge is 0.497 e. The van der Waals surface area contributed by atoms with Gasteiger partial charge in [0.15, 0.2) is 0 Å². The number of amides is 1.